The Bertz CT molecular complexity index is 153. The predicted octanol–water partition coefficient (Wildman–Crippen LogP) is 2.98. The van der Waals surface area contributed by atoms with Crippen LogP contribution in [0.2, 0.25) is 0 Å². The first-order chi connectivity index (χ1) is 6.27. The molecule has 0 radical (unpaired) electrons. The third-order valence-corrected chi connectivity index (χ3v) is 3.13. The van der Waals surface area contributed by atoms with Crippen molar-refractivity contribution in [2.45, 2.75) is 45.6 Å². The average Bonchev–Trinajstić information content (AvgIpc) is 2.90. The molecule has 0 bridgehead atoms. The largest absolute Gasteiger partial charge is 0.314 e. The van der Waals surface area contributed by atoms with Gasteiger partial charge in [-0.3, -0.25) is 0 Å². The molecule has 3 unspecified atom stereocenters. The van der Waals surface area contributed by atoms with E-state index in [9.17, 15) is 0 Å². The van der Waals surface area contributed by atoms with Gasteiger partial charge in [-0.2, -0.15) is 0 Å². The van der Waals surface area contributed by atoms with Gasteiger partial charge in [-0.15, -0.1) is 6.58 Å². The Balaban J connectivity index is 1.96. The van der Waals surface area contributed by atoms with E-state index in [2.05, 4.69) is 25.7 Å². The van der Waals surface area contributed by atoms with Crippen LogP contribution < -0.4 is 5.32 Å². The van der Waals surface area contributed by atoms with Crippen molar-refractivity contribution >= 4 is 0 Å². The zero-order valence-electron chi connectivity index (χ0n) is 9.05. The molecule has 0 aromatic rings. The molecule has 0 aliphatic heterocycles. The Kier molecular flexibility index (Phi) is 4.51. The van der Waals surface area contributed by atoms with Crippen LogP contribution in [0, 0.1) is 11.8 Å². The maximum absolute atomic E-state index is 3.74. The maximum Gasteiger partial charge on any atom is 0.00417 e. The van der Waals surface area contributed by atoms with Crippen LogP contribution in [0.4, 0.5) is 0 Å². The van der Waals surface area contributed by atoms with Crippen molar-refractivity contribution < 1.29 is 0 Å². The fourth-order valence-electron chi connectivity index (χ4n) is 1.88. The average molecular weight is 181 g/mol. The molecule has 0 aromatic carbocycles. The van der Waals surface area contributed by atoms with Crippen molar-refractivity contribution in [3.8, 4) is 0 Å². The second-order valence-electron chi connectivity index (χ2n) is 4.34. The number of hydrogen-bond donors (Lipinski definition) is 1. The van der Waals surface area contributed by atoms with Crippen LogP contribution in [0.15, 0.2) is 12.7 Å². The minimum Gasteiger partial charge on any atom is -0.314 e. The van der Waals surface area contributed by atoms with Crippen LogP contribution in [0.3, 0.4) is 0 Å². The molecule has 1 aliphatic carbocycles. The molecule has 0 spiro atoms. The molecule has 13 heavy (non-hydrogen) atoms. The lowest BCUT2D eigenvalue weighted by atomic mass is 10.1. The van der Waals surface area contributed by atoms with Gasteiger partial charge in [0.25, 0.3) is 0 Å². The van der Waals surface area contributed by atoms with Gasteiger partial charge < -0.3 is 5.32 Å². The zero-order valence-corrected chi connectivity index (χ0v) is 9.05. The molecule has 0 aromatic heterocycles. The van der Waals surface area contributed by atoms with E-state index in [0.717, 1.165) is 18.3 Å². The number of allylic oxidation sites excluding steroid dienone is 1. The van der Waals surface area contributed by atoms with Crippen LogP contribution in [0.25, 0.3) is 0 Å². The Morgan fingerprint density at radius 3 is 2.85 bits per heavy atom. The van der Waals surface area contributed by atoms with Gasteiger partial charge in [0.15, 0.2) is 0 Å². The van der Waals surface area contributed by atoms with Crippen LogP contribution >= 0.6 is 0 Å². The summed E-state index contributed by atoms with van der Waals surface area (Å²) in [7, 11) is 0. The molecule has 1 saturated carbocycles. The Labute approximate surface area is 82.6 Å². The van der Waals surface area contributed by atoms with E-state index in [1.807, 2.05) is 6.08 Å². The van der Waals surface area contributed by atoms with Gasteiger partial charge in [0.2, 0.25) is 0 Å². The number of rotatable bonds is 7. The minimum absolute atomic E-state index is 0.663. The molecular weight excluding hydrogens is 158 g/mol. The molecule has 0 amide bonds. The molecule has 76 valence electrons. The first-order valence-electron chi connectivity index (χ1n) is 5.62. The highest BCUT2D eigenvalue weighted by Crippen LogP contribution is 2.40. The van der Waals surface area contributed by atoms with E-state index >= 15 is 0 Å². The SMILES string of the molecule is C=CCCC(C)NCC1CC1CC. The van der Waals surface area contributed by atoms with Crippen LogP contribution in [-0.2, 0) is 0 Å². The third-order valence-electron chi connectivity index (χ3n) is 3.13. The lowest BCUT2D eigenvalue weighted by Crippen LogP contribution is -2.28. The second kappa shape index (κ2) is 5.43. The smallest absolute Gasteiger partial charge is 0.00417 e. The van der Waals surface area contributed by atoms with Crippen molar-refractivity contribution in [1.29, 1.82) is 0 Å². The van der Waals surface area contributed by atoms with Gasteiger partial charge >= 0.3 is 0 Å². The van der Waals surface area contributed by atoms with Gasteiger partial charge in [-0.25, -0.2) is 0 Å². The fourth-order valence-corrected chi connectivity index (χ4v) is 1.88. The van der Waals surface area contributed by atoms with E-state index in [1.54, 1.807) is 0 Å². The summed E-state index contributed by atoms with van der Waals surface area (Å²) in [4.78, 5) is 0. The maximum atomic E-state index is 3.74. The van der Waals surface area contributed by atoms with Crippen molar-refractivity contribution in [2.24, 2.45) is 11.8 Å². The van der Waals surface area contributed by atoms with E-state index in [1.165, 1.54) is 25.8 Å². The van der Waals surface area contributed by atoms with Gasteiger partial charge in [0.05, 0.1) is 0 Å². The molecular formula is C12H23N. The van der Waals surface area contributed by atoms with Crippen LogP contribution in [-0.4, -0.2) is 12.6 Å². The highest BCUT2D eigenvalue weighted by molar-refractivity contribution is 4.87. The summed E-state index contributed by atoms with van der Waals surface area (Å²) in [5, 5.41) is 3.60. The Morgan fingerprint density at radius 2 is 2.31 bits per heavy atom. The molecule has 0 heterocycles. The monoisotopic (exact) mass is 181 g/mol. The molecule has 1 nitrogen and oxygen atoms in total. The van der Waals surface area contributed by atoms with Crippen molar-refractivity contribution in [3.63, 3.8) is 0 Å². The van der Waals surface area contributed by atoms with Gasteiger partial charge in [0.1, 0.15) is 0 Å². The predicted molar refractivity (Wildman–Crippen MR) is 58.8 cm³/mol. The summed E-state index contributed by atoms with van der Waals surface area (Å²) in [6.07, 6.45) is 7.19. The first-order valence-corrected chi connectivity index (χ1v) is 5.62. The van der Waals surface area contributed by atoms with Crippen molar-refractivity contribution in [3.05, 3.63) is 12.7 Å². The third kappa shape index (κ3) is 3.95. The van der Waals surface area contributed by atoms with E-state index in [0.29, 0.717) is 6.04 Å². The molecule has 1 aliphatic rings. The Morgan fingerprint density at radius 1 is 1.54 bits per heavy atom. The van der Waals surface area contributed by atoms with E-state index in [4.69, 9.17) is 0 Å². The standard InChI is InChI=1S/C12H23N/c1-4-6-7-10(3)13-9-12-8-11(12)5-2/h4,10-13H,1,5-9H2,2-3H3. The van der Waals surface area contributed by atoms with E-state index in [-0.39, 0.29) is 0 Å². The Hall–Kier alpha value is -0.300. The summed E-state index contributed by atoms with van der Waals surface area (Å²) in [6, 6.07) is 0.663. The summed E-state index contributed by atoms with van der Waals surface area (Å²) in [6.45, 7) is 9.54. The highest BCUT2D eigenvalue weighted by atomic mass is 14.9. The van der Waals surface area contributed by atoms with Crippen molar-refractivity contribution in [2.75, 3.05) is 6.54 Å². The molecule has 1 N–H and O–H groups in total. The first kappa shape index (κ1) is 10.8. The summed E-state index contributed by atoms with van der Waals surface area (Å²) >= 11 is 0. The fraction of sp³-hybridized carbons (Fsp3) is 0.833. The molecule has 3 atom stereocenters. The lowest BCUT2D eigenvalue weighted by Gasteiger charge is -2.12. The molecule has 1 rings (SSSR count). The lowest BCUT2D eigenvalue weighted by molar-refractivity contribution is 0.488. The summed E-state index contributed by atoms with van der Waals surface area (Å²) < 4.78 is 0. The number of hydrogen-bond acceptors (Lipinski definition) is 1. The van der Waals surface area contributed by atoms with E-state index < -0.39 is 0 Å². The highest BCUT2D eigenvalue weighted by Gasteiger charge is 2.34. The topological polar surface area (TPSA) is 12.0 Å². The molecule has 1 fully saturated rings. The van der Waals surface area contributed by atoms with Crippen LogP contribution in [0.5, 0.6) is 0 Å². The normalized spacial score (nSPS) is 28.5. The van der Waals surface area contributed by atoms with Gasteiger partial charge in [0, 0.05) is 6.04 Å². The van der Waals surface area contributed by atoms with Crippen LogP contribution in [0.1, 0.15) is 39.5 Å². The quantitative estimate of drug-likeness (QED) is 0.595. The summed E-state index contributed by atoms with van der Waals surface area (Å²) in [5.74, 6) is 2.01. The van der Waals surface area contributed by atoms with Gasteiger partial charge in [-0.05, 0) is 44.6 Å². The van der Waals surface area contributed by atoms with Crippen molar-refractivity contribution in [1.82, 2.24) is 5.32 Å². The second-order valence-corrected chi connectivity index (χ2v) is 4.34. The summed E-state index contributed by atoms with van der Waals surface area (Å²) in [5.41, 5.74) is 0. The molecule has 0 saturated heterocycles. The minimum atomic E-state index is 0.663. The van der Waals surface area contributed by atoms with Gasteiger partial charge in [-0.1, -0.05) is 19.4 Å². The number of nitrogens with one attached hydrogen (secondary N) is 1. The molecule has 1 heteroatoms. The zero-order chi connectivity index (χ0) is 9.68.